The number of nitrogens with zero attached hydrogens (tertiary/aromatic N) is 4. The summed E-state index contributed by atoms with van der Waals surface area (Å²) in [6, 6.07) is 7.49. The lowest BCUT2D eigenvalue weighted by atomic mass is 10.1. The summed E-state index contributed by atoms with van der Waals surface area (Å²) in [7, 11) is 0. The molecule has 3 rings (SSSR count). The van der Waals surface area contributed by atoms with E-state index in [-0.39, 0.29) is 24.2 Å². The maximum atomic E-state index is 12.6. The van der Waals surface area contributed by atoms with Gasteiger partial charge in [-0.15, -0.1) is 0 Å². The number of rotatable bonds is 7. The van der Waals surface area contributed by atoms with Crippen LogP contribution >= 0.6 is 0 Å². The van der Waals surface area contributed by atoms with Crippen LogP contribution in [0.3, 0.4) is 0 Å². The smallest absolute Gasteiger partial charge is 0.230 e. The van der Waals surface area contributed by atoms with Gasteiger partial charge in [-0.3, -0.25) is 14.6 Å². The number of carbonyl (C=O) groups is 2. The zero-order valence-corrected chi connectivity index (χ0v) is 15.3. The Bertz CT molecular complexity index is 771. The fraction of sp³-hybridized carbons (Fsp3) is 0.474. The van der Waals surface area contributed by atoms with Crippen LogP contribution in [0.2, 0.25) is 0 Å². The first-order valence-corrected chi connectivity index (χ1v) is 9.09. The van der Waals surface area contributed by atoms with Crippen LogP contribution in [0, 0.1) is 12.8 Å². The summed E-state index contributed by atoms with van der Waals surface area (Å²) in [5.74, 6) is 0.226. The number of unbranched alkanes of at least 4 members (excludes halogenated alkanes) is 1. The van der Waals surface area contributed by atoms with E-state index in [1.54, 1.807) is 11.1 Å². The molecule has 1 atom stereocenters. The number of anilines is 1. The number of aromatic nitrogens is 3. The van der Waals surface area contributed by atoms with E-state index in [1.165, 1.54) is 0 Å². The zero-order chi connectivity index (χ0) is 18.5. The molecule has 0 aromatic carbocycles. The molecule has 1 N–H and O–H groups in total. The van der Waals surface area contributed by atoms with Crippen LogP contribution in [0.5, 0.6) is 0 Å². The second-order valence-electron chi connectivity index (χ2n) is 6.73. The highest BCUT2D eigenvalue weighted by Crippen LogP contribution is 2.22. The van der Waals surface area contributed by atoms with Gasteiger partial charge in [-0.05, 0) is 25.5 Å². The molecule has 7 nitrogen and oxygen atoms in total. The van der Waals surface area contributed by atoms with Gasteiger partial charge in [0, 0.05) is 31.8 Å². The van der Waals surface area contributed by atoms with Crippen LogP contribution in [-0.2, 0) is 22.7 Å². The summed E-state index contributed by atoms with van der Waals surface area (Å²) in [5.41, 5.74) is 1.70. The molecule has 7 heteroatoms. The van der Waals surface area contributed by atoms with Crippen LogP contribution in [0.25, 0.3) is 0 Å². The number of hydrogen-bond donors (Lipinski definition) is 1. The van der Waals surface area contributed by atoms with Gasteiger partial charge in [-0.2, -0.15) is 5.10 Å². The van der Waals surface area contributed by atoms with E-state index in [0.717, 1.165) is 30.8 Å². The van der Waals surface area contributed by atoms with E-state index >= 15 is 0 Å². The summed E-state index contributed by atoms with van der Waals surface area (Å²) >= 11 is 0. The van der Waals surface area contributed by atoms with Gasteiger partial charge in [0.25, 0.3) is 0 Å². The molecule has 1 fully saturated rings. The Morgan fingerprint density at radius 1 is 1.38 bits per heavy atom. The molecule has 3 heterocycles. The fourth-order valence-electron chi connectivity index (χ4n) is 3.14. The quantitative estimate of drug-likeness (QED) is 0.827. The molecule has 2 aromatic rings. The third-order valence-electron chi connectivity index (χ3n) is 4.54. The van der Waals surface area contributed by atoms with Crippen molar-refractivity contribution < 1.29 is 9.59 Å². The molecule has 2 amide bonds. The van der Waals surface area contributed by atoms with Gasteiger partial charge in [0.05, 0.1) is 23.9 Å². The summed E-state index contributed by atoms with van der Waals surface area (Å²) in [6.07, 6.45) is 4.01. The summed E-state index contributed by atoms with van der Waals surface area (Å²) in [4.78, 5) is 30.9. The molecule has 0 bridgehead atoms. The minimum atomic E-state index is -0.346. The molecule has 26 heavy (non-hydrogen) atoms. The lowest BCUT2D eigenvalue weighted by Gasteiger charge is -2.16. The van der Waals surface area contributed by atoms with Crippen molar-refractivity contribution in [2.75, 3.05) is 11.9 Å². The van der Waals surface area contributed by atoms with E-state index in [0.29, 0.717) is 18.9 Å². The van der Waals surface area contributed by atoms with E-state index in [4.69, 9.17) is 0 Å². The van der Waals surface area contributed by atoms with E-state index < -0.39 is 0 Å². The molecule has 0 spiro atoms. The highest BCUT2D eigenvalue weighted by molar-refractivity contribution is 5.96. The van der Waals surface area contributed by atoms with Crippen LogP contribution < -0.4 is 5.32 Å². The minimum absolute atomic E-state index is 0.00789. The van der Waals surface area contributed by atoms with Crippen molar-refractivity contribution in [3.8, 4) is 0 Å². The number of hydrogen-bond acceptors (Lipinski definition) is 4. The summed E-state index contributed by atoms with van der Waals surface area (Å²) < 4.78 is 1.83. The first-order valence-electron chi connectivity index (χ1n) is 9.09. The number of likely N-dealkylation sites (tertiary alicyclic amines) is 1. The second-order valence-corrected chi connectivity index (χ2v) is 6.73. The highest BCUT2D eigenvalue weighted by atomic mass is 16.2. The van der Waals surface area contributed by atoms with Gasteiger partial charge in [0.15, 0.2) is 0 Å². The topological polar surface area (TPSA) is 80.1 Å². The molecular weight excluding hydrogens is 330 g/mol. The van der Waals surface area contributed by atoms with Gasteiger partial charge < -0.3 is 10.2 Å². The van der Waals surface area contributed by atoms with Crippen molar-refractivity contribution in [1.82, 2.24) is 19.7 Å². The Hall–Kier alpha value is -2.70. The van der Waals surface area contributed by atoms with Gasteiger partial charge in [-0.25, -0.2) is 4.68 Å². The van der Waals surface area contributed by atoms with Crippen molar-refractivity contribution in [3.05, 3.63) is 41.9 Å². The van der Waals surface area contributed by atoms with Crippen LogP contribution in [-0.4, -0.2) is 38.0 Å². The van der Waals surface area contributed by atoms with Gasteiger partial charge in [0.2, 0.25) is 11.8 Å². The van der Waals surface area contributed by atoms with Crippen molar-refractivity contribution in [3.63, 3.8) is 0 Å². The first kappa shape index (κ1) is 18.1. The average Bonchev–Trinajstić information content (AvgIpc) is 3.16. The Kier molecular flexibility index (Phi) is 5.65. The Morgan fingerprint density at radius 2 is 2.23 bits per heavy atom. The summed E-state index contributed by atoms with van der Waals surface area (Å²) in [5, 5.41) is 7.38. The Morgan fingerprint density at radius 3 is 2.96 bits per heavy atom. The molecular formula is C19H25N5O2. The molecule has 2 aromatic heterocycles. The number of aryl methyl sites for hydroxylation is 2. The van der Waals surface area contributed by atoms with Crippen LogP contribution in [0.15, 0.2) is 30.5 Å². The maximum absolute atomic E-state index is 12.6. The van der Waals surface area contributed by atoms with Crippen molar-refractivity contribution >= 4 is 17.6 Å². The predicted molar refractivity (Wildman–Crippen MR) is 98.3 cm³/mol. The molecule has 0 radical (unpaired) electrons. The standard InChI is InChI=1S/C19H25N5O2/c1-3-4-9-24-17(10-14(2)22-24)21-19(26)15-11-18(25)23(12-15)13-16-7-5-6-8-20-16/h5-8,10,15H,3-4,9,11-13H2,1-2H3,(H,21,26). The SMILES string of the molecule is CCCCn1nc(C)cc1NC(=O)C1CC(=O)N(Cc2ccccn2)C1. The third kappa shape index (κ3) is 4.28. The minimum Gasteiger partial charge on any atom is -0.336 e. The highest BCUT2D eigenvalue weighted by Gasteiger charge is 2.34. The third-order valence-corrected chi connectivity index (χ3v) is 4.54. The molecule has 1 aliphatic heterocycles. The molecule has 1 aliphatic rings. The Balaban J connectivity index is 1.61. The number of nitrogens with one attached hydrogen (secondary N) is 1. The lowest BCUT2D eigenvalue weighted by Crippen LogP contribution is -2.28. The van der Waals surface area contributed by atoms with Crippen molar-refractivity contribution in [2.24, 2.45) is 5.92 Å². The predicted octanol–water partition coefficient (Wildman–Crippen LogP) is 2.37. The molecule has 1 saturated heterocycles. The first-order chi connectivity index (χ1) is 12.6. The fourth-order valence-corrected chi connectivity index (χ4v) is 3.14. The maximum Gasteiger partial charge on any atom is 0.230 e. The second kappa shape index (κ2) is 8.12. The lowest BCUT2D eigenvalue weighted by molar-refractivity contribution is -0.128. The van der Waals surface area contributed by atoms with Crippen molar-refractivity contribution in [2.45, 2.75) is 46.2 Å². The van der Waals surface area contributed by atoms with Gasteiger partial charge in [0.1, 0.15) is 5.82 Å². The Labute approximate surface area is 153 Å². The van der Waals surface area contributed by atoms with Crippen LogP contribution in [0.1, 0.15) is 37.6 Å². The van der Waals surface area contributed by atoms with Gasteiger partial charge in [-0.1, -0.05) is 19.4 Å². The number of pyridine rings is 1. The number of carbonyl (C=O) groups excluding carboxylic acids is 2. The summed E-state index contributed by atoms with van der Waals surface area (Å²) in [6.45, 7) is 5.66. The van der Waals surface area contributed by atoms with E-state index in [1.807, 2.05) is 35.9 Å². The normalized spacial score (nSPS) is 16.9. The van der Waals surface area contributed by atoms with E-state index in [2.05, 4.69) is 22.3 Å². The molecule has 138 valence electrons. The van der Waals surface area contributed by atoms with Crippen molar-refractivity contribution in [1.29, 1.82) is 0 Å². The van der Waals surface area contributed by atoms with Gasteiger partial charge >= 0.3 is 0 Å². The largest absolute Gasteiger partial charge is 0.336 e. The molecule has 0 aliphatic carbocycles. The molecule has 0 saturated carbocycles. The monoisotopic (exact) mass is 355 g/mol. The zero-order valence-electron chi connectivity index (χ0n) is 15.3. The van der Waals surface area contributed by atoms with Crippen LogP contribution in [0.4, 0.5) is 5.82 Å². The van der Waals surface area contributed by atoms with E-state index in [9.17, 15) is 9.59 Å². The molecule has 1 unspecified atom stereocenters. The number of amides is 2. The average molecular weight is 355 g/mol.